The van der Waals surface area contributed by atoms with Crippen LogP contribution in [0.4, 0.5) is 0 Å². The van der Waals surface area contributed by atoms with Gasteiger partial charge in [-0.2, -0.15) is 4.31 Å². The second-order valence-corrected chi connectivity index (χ2v) is 7.42. The Morgan fingerprint density at radius 1 is 0.708 bits per heavy atom. The highest BCUT2D eigenvalue weighted by Gasteiger charge is 2.24. The van der Waals surface area contributed by atoms with E-state index in [0.29, 0.717) is 13.1 Å². The lowest BCUT2D eigenvalue weighted by atomic mass is 10.2. The molecule has 24 heavy (non-hydrogen) atoms. The number of sulfonamides is 1. The average Bonchev–Trinajstić information content (AvgIpc) is 2.64. The summed E-state index contributed by atoms with van der Waals surface area (Å²) < 4.78 is 27.6. The van der Waals surface area contributed by atoms with Crippen LogP contribution in [0.15, 0.2) is 89.8 Å². The van der Waals surface area contributed by atoms with Gasteiger partial charge in [-0.25, -0.2) is 8.42 Å². The Kier molecular flexibility index (Phi) is 5.08. The number of rotatable bonds is 6. The van der Waals surface area contributed by atoms with Crippen LogP contribution in [0.2, 0.25) is 0 Å². The first kappa shape index (κ1) is 16.4. The van der Waals surface area contributed by atoms with Crippen molar-refractivity contribution in [3.63, 3.8) is 0 Å². The zero-order valence-corrected chi connectivity index (χ0v) is 14.0. The molecule has 121 valence electrons. The zero-order chi connectivity index (χ0) is 16.8. The third-order valence-electron chi connectivity index (χ3n) is 3.73. The van der Waals surface area contributed by atoms with Crippen LogP contribution in [-0.2, 0) is 23.1 Å². The molecule has 4 heteroatoms. The van der Waals surface area contributed by atoms with Gasteiger partial charge in [0, 0.05) is 13.1 Å². The standard InChI is InChI=1S/C20H18NO2S/c22-24(23,20-14-8-3-9-15-20)21(16-18-10-4-1-5-11-18)17-19-12-6-2-7-13-19/h1-2,4-15H,16-17H2. The highest BCUT2D eigenvalue weighted by atomic mass is 32.2. The molecule has 3 nitrogen and oxygen atoms in total. The molecule has 0 bridgehead atoms. The monoisotopic (exact) mass is 336 g/mol. The highest BCUT2D eigenvalue weighted by molar-refractivity contribution is 7.89. The summed E-state index contributed by atoms with van der Waals surface area (Å²) >= 11 is 0. The van der Waals surface area contributed by atoms with Crippen molar-refractivity contribution in [2.24, 2.45) is 0 Å². The molecule has 0 heterocycles. The van der Waals surface area contributed by atoms with E-state index in [0.717, 1.165) is 11.1 Å². The molecule has 3 aromatic carbocycles. The first-order valence-electron chi connectivity index (χ1n) is 7.70. The lowest BCUT2D eigenvalue weighted by Gasteiger charge is -2.22. The minimum absolute atomic E-state index is 0.285. The Morgan fingerprint density at radius 2 is 1.17 bits per heavy atom. The Balaban J connectivity index is 1.95. The lowest BCUT2D eigenvalue weighted by molar-refractivity contribution is 0.401. The van der Waals surface area contributed by atoms with Gasteiger partial charge in [0.1, 0.15) is 0 Å². The third-order valence-corrected chi connectivity index (χ3v) is 5.53. The molecule has 0 spiro atoms. The molecule has 0 N–H and O–H groups in total. The minimum atomic E-state index is -3.58. The van der Waals surface area contributed by atoms with E-state index in [1.54, 1.807) is 24.3 Å². The van der Waals surface area contributed by atoms with Crippen molar-refractivity contribution in [1.29, 1.82) is 0 Å². The molecule has 3 aromatic rings. The summed E-state index contributed by atoms with van der Waals surface area (Å²) in [5.41, 5.74) is 1.92. The smallest absolute Gasteiger partial charge is 0.207 e. The van der Waals surface area contributed by atoms with Crippen LogP contribution in [-0.4, -0.2) is 12.7 Å². The molecule has 0 aromatic heterocycles. The summed E-state index contributed by atoms with van der Waals surface area (Å²) in [6.07, 6.45) is 0. The Morgan fingerprint density at radius 3 is 1.62 bits per heavy atom. The van der Waals surface area contributed by atoms with E-state index in [4.69, 9.17) is 0 Å². The highest BCUT2D eigenvalue weighted by Crippen LogP contribution is 2.20. The third kappa shape index (κ3) is 3.91. The Labute approximate surface area is 143 Å². The van der Waals surface area contributed by atoms with Crippen LogP contribution in [0.1, 0.15) is 11.1 Å². The molecule has 0 atom stereocenters. The van der Waals surface area contributed by atoms with Gasteiger partial charge in [0.25, 0.3) is 0 Å². The number of hydrogen-bond donors (Lipinski definition) is 0. The topological polar surface area (TPSA) is 37.4 Å². The predicted octanol–water partition coefficient (Wildman–Crippen LogP) is 3.88. The van der Waals surface area contributed by atoms with Crippen LogP contribution in [0.3, 0.4) is 0 Å². The van der Waals surface area contributed by atoms with Crippen molar-refractivity contribution in [2.45, 2.75) is 18.0 Å². The van der Waals surface area contributed by atoms with Gasteiger partial charge in [-0.1, -0.05) is 72.8 Å². The first-order valence-corrected chi connectivity index (χ1v) is 9.14. The van der Waals surface area contributed by atoms with Gasteiger partial charge in [0.15, 0.2) is 0 Å². The lowest BCUT2D eigenvalue weighted by Crippen LogP contribution is -2.30. The van der Waals surface area contributed by atoms with Gasteiger partial charge in [-0.05, 0) is 29.3 Å². The van der Waals surface area contributed by atoms with Gasteiger partial charge < -0.3 is 0 Å². The number of hydrogen-bond acceptors (Lipinski definition) is 2. The summed E-state index contributed by atoms with van der Waals surface area (Å²) in [5.74, 6) is 0. The number of nitrogens with zero attached hydrogens (tertiary/aromatic N) is 1. The summed E-state index contributed by atoms with van der Waals surface area (Å²) in [6, 6.07) is 28.5. The Bertz CT molecular complexity index is 822. The molecule has 0 unspecified atom stereocenters. The van der Waals surface area contributed by atoms with E-state index in [9.17, 15) is 8.42 Å². The van der Waals surface area contributed by atoms with Crippen molar-refractivity contribution < 1.29 is 8.42 Å². The van der Waals surface area contributed by atoms with Gasteiger partial charge in [-0.15, -0.1) is 0 Å². The van der Waals surface area contributed by atoms with Crippen molar-refractivity contribution in [2.75, 3.05) is 0 Å². The fraction of sp³-hybridized carbons (Fsp3) is 0.100. The van der Waals surface area contributed by atoms with E-state index in [-0.39, 0.29) is 4.90 Å². The maximum atomic E-state index is 13.1. The van der Waals surface area contributed by atoms with Crippen molar-refractivity contribution in [1.82, 2.24) is 4.31 Å². The second-order valence-electron chi connectivity index (χ2n) is 5.48. The van der Waals surface area contributed by atoms with Crippen molar-refractivity contribution in [3.05, 3.63) is 102 Å². The molecule has 1 radical (unpaired) electrons. The molecular formula is C20H18NO2S. The maximum Gasteiger partial charge on any atom is 0.243 e. The maximum absolute atomic E-state index is 13.1. The number of benzene rings is 3. The molecule has 3 rings (SSSR count). The molecular weight excluding hydrogens is 318 g/mol. The van der Waals surface area contributed by atoms with Crippen molar-refractivity contribution >= 4 is 10.0 Å². The normalized spacial score (nSPS) is 11.5. The minimum Gasteiger partial charge on any atom is -0.207 e. The summed E-state index contributed by atoms with van der Waals surface area (Å²) in [5, 5.41) is 0. The molecule has 0 saturated heterocycles. The zero-order valence-electron chi connectivity index (χ0n) is 13.2. The van der Waals surface area contributed by atoms with E-state index < -0.39 is 10.0 Å². The fourth-order valence-corrected chi connectivity index (χ4v) is 3.91. The summed E-state index contributed by atoms with van der Waals surface area (Å²) in [6.45, 7) is 0.660. The van der Waals surface area contributed by atoms with E-state index in [1.165, 1.54) is 4.31 Å². The average molecular weight is 336 g/mol. The van der Waals surface area contributed by atoms with E-state index in [2.05, 4.69) is 6.07 Å². The molecule has 0 aliphatic heterocycles. The Hall–Kier alpha value is -2.43. The predicted molar refractivity (Wildman–Crippen MR) is 94.6 cm³/mol. The molecule has 0 saturated carbocycles. The van der Waals surface area contributed by atoms with Crippen LogP contribution < -0.4 is 0 Å². The van der Waals surface area contributed by atoms with Gasteiger partial charge in [-0.3, -0.25) is 0 Å². The SMILES string of the molecule is O=S(=O)(c1cc[c]cc1)N(Cc1ccccc1)Cc1ccccc1. The van der Waals surface area contributed by atoms with Crippen LogP contribution in [0.25, 0.3) is 0 Å². The van der Waals surface area contributed by atoms with Gasteiger partial charge in [0.2, 0.25) is 10.0 Å². The van der Waals surface area contributed by atoms with E-state index >= 15 is 0 Å². The van der Waals surface area contributed by atoms with Gasteiger partial charge in [0.05, 0.1) is 4.90 Å². The largest absolute Gasteiger partial charge is 0.243 e. The van der Waals surface area contributed by atoms with Crippen LogP contribution in [0.5, 0.6) is 0 Å². The van der Waals surface area contributed by atoms with Crippen LogP contribution in [0, 0.1) is 6.07 Å². The fourth-order valence-electron chi connectivity index (χ4n) is 2.49. The van der Waals surface area contributed by atoms with Gasteiger partial charge >= 0.3 is 0 Å². The quantitative estimate of drug-likeness (QED) is 0.685. The molecule has 0 aliphatic carbocycles. The summed E-state index contributed by atoms with van der Waals surface area (Å²) in [7, 11) is -3.58. The van der Waals surface area contributed by atoms with Crippen LogP contribution >= 0.6 is 0 Å². The first-order chi connectivity index (χ1) is 11.7. The van der Waals surface area contributed by atoms with Crippen molar-refractivity contribution in [3.8, 4) is 0 Å². The molecule has 0 amide bonds. The summed E-state index contributed by atoms with van der Waals surface area (Å²) in [4.78, 5) is 0.285. The molecule has 0 aliphatic rings. The van der Waals surface area contributed by atoms with E-state index in [1.807, 2.05) is 60.7 Å². The second kappa shape index (κ2) is 7.43. The molecule has 0 fully saturated rings.